The predicted octanol–water partition coefficient (Wildman–Crippen LogP) is -2.19. The first kappa shape index (κ1) is 7.92. The molecule has 0 amide bonds. The van der Waals surface area contributed by atoms with E-state index in [9.17, 15) is 0 Å². The number of halogens is 1. The molecule has 0 N–H and O–H groups in total. The Morgan fingerprint density at radius 1 is 1.62 bits per heavy atom. The zero-order valence-electron chi connectivity index (χ0n) is 4.76. The summed E-state index contributed by atoms with van der Waals surface area (Å²) in [5.41, 5.74) is 0. The third-order valence-electron chi connectivity index (χ3n) is 0.922. The van der Waals surface area contributed by atoms with Crippen LogP contribution in [0, 0.1) is 6.08 Å². The van der Waals surface area contributed by atoms with Gasteiger partial charge in [0.05, 0.1) is 18.7 Å². The number of rotatable bonds is 0. The normalized spacial score (nSPS) is 14.9. The SMILES string of the molecule is CN1C=C[C+]=CC1.[I-]. The van der Waals surface area contributed by atoms with E-state index in [1.54, 1.807) is 0 Å². The van der Waals surface area contributed by atoms with Gasteiger partial charge in [-0.05, 0) is 0 Å². The Labute approximate surface area is 67.1 Å². The monoisotopic (exact) mass is 221 g/mol. The number of nitrogens with zero attached hydrogens (tertiary/aromatic N) is 1. The minimum absolute atomic E-state index is 0. The molecule has 0 fully saturated rings. The van der Waals surface area contributed by atoms with Gasteiger partial charge in [-0.3, -0.25) is 0 Å². The Morgan fingerprint density at radius 2 is 2.38 bits per heavy atom. The molecule has 0 aromatic rings. The molecule has 0 saturated carbocycles. The predicted molar refractivity (Wildman–Crippen MR) is 29.6 cm³/mol. The quantitative estimate of drug-likeness (QED) is 0.332. The molecule has 1 aliphatic heterocycles. The van der Waals surface area contributed by atoms with Crippen LogP contribution in [0.2, 0.25) is 0 Å². The molecule has 0 aromatic heterocycles. The van der Waals surface area contributed by atoms with E-state index in [-0.39, 0.29) is 24.0 Å². The van der Waals surface area contributed by atoms with Crippen LogP contribution < -0.4 is 24.0 Å². The van der Waals surface area contributed by atoms with Gasteiger partial charge in [0, 0.05) is 7.05 Å². The lowest BCUT2D eigenvalue weighted by Gasteiger charge is -2.02. The fourth-order valence-corrected chi connectivity index (χ4v) is 0.496. The lowest BCUT2D eigenvalue weighted by molar-refractivity contribution is -0.00000147. The second-order valence-corrected chi connectivity index (χ2v) is 1.63. The van der Waals surface area contributed by atoms with Gasteiger partial charge >= 0.3 is 0 Å². The molecule has 0 unspecified atom stereocenters. The van der Waals surface area contributed by atoms with Gasteiger partial charge in [0.1, 0.15) is 6.20 Å². The lowest BCUT2D eigenvalue weighted by atomic mass is 10.4. The van der Waals surface area contributed by atoms with Crippen molar-refractivity contribution in [3.8, 4) is 0 Å². The molecule has 0 atom stereocenters. The lowest BCUT2D eigenvalue weighted by Crippen LogP contribution is -3.00. The number of likely N-dealkylation sites (N-methyl/N-ethyl adjacent to an activating group) is 1. The maximum atomic E-state index is 2.97. The van der Waals surface area contributed by atoms with Crippen molar-refractivity contribution in [1.29, 1.82) is 0 Å². The second kappa shape index (κ2) is 3.87. The van der Waals surface area contributed by atoms with Crippen LogP contribution in [0.1, 0.15) is 0 Å². The van der Waals surface area contributed by atoms with E-state index in [0.29, 0.717) is 0 Å². The number of hydrogen-bond acceptors (Lipinski definition) is 1. The first-order valence-electron chi connectivity index (χ1n) is 2.34. The first-order chi connectivity index (χ1) is 3.39. The Hall–Kier alpha value is -0.0800. The second-order valence-electron chi connectivity index (χ2n) is 1.63. The highest BCUT2D eigenvalue weighted by Gasteiger charge is 1.96. The highest BCUT2D eigenvalue weighted by molar-refractivity contribution is 5.01. The molecule has 0 bridgehead atoms. The van der Waals surface area contributed by atoms with Crippen molar-refractivity contribution in [3.05, 3.63) is 24.4 Å². The van der Waals surface area contributed by atoms with E-state index in [4.69, 9.17) is 0 Å². The van der Waals surface area contributed by atoms with E-state index in [2.05, 4.69) is 11.0 Å². The van der Waals surface area contributed by atoms with E-state index < -0.39 is 0 Å². The molecule has 0 spiro atoms. The fourth-order valence-electron chi connectivity index (χ4n) is 0.496. The van der Waals surface area contributed by atoms with Crippen molar-refractivity contribution in [1.82, 2.24) is 4.90 Å². The van der Waals surface area contributed by atoms with Gasteiger partial charge in [0.15, 0.2) is 6.08 Å². The summed E-state index contributed by atoms with van der Waals surface area (Å²) in [7, 11) is 2.04. The van der Waals surface area contributed by atoms with Gasteiger partial charge in [-0.1, -0.05) is 0 Å². The number of allylic oxidation sites excluding steroid dienone is 2. The molecule has 1 heterocycles. The summed E-state index contributed by atoms with van der Waals surface area (Å²) in [6.45, 7) is 0.997. The van der Waals surface area contributed by atoms with Gasteiger partial charge in [-0.25, -0.2) is 0 Å². The molecular formula is C6H8IN. The van der Waals surface area contributed by atoms with Crippen molar-refractivity contribution in [2.45, 2.75) is 0 Å². The third kappa shape index (κ3) is 2.28. The van der Waals surface area contributed by atoms with Crippen LogP contribution in [0.5, 0.6) is 0 Å². The van der Waals surface area contributed by atoms with Crippen molar-refractivity contribution in [2.24, 2.45) is 0 Å². The van der Waals surface area contributed by atoms with E-state index >= 15 is 0 Å². The topological polar surface area (TPSA) is 3.24 Å². The molecule has 0 aromatic carbocycles. The molecule has 0 saturated heterocycles. The van der Waals surface area contributed by atoms with Crippen molar-refractivity contribution >= 4 is 0 Å². The Bertz CT molecular complexity index is 107. The van der Waals surface area contributed by atoms with Crippen molar-refractivity contribution < 1.29 is 24.0 Å². The van der Waals surface area contributed by atoms with Crippen LogP contribution in [0.4, 0.5) is 0 Å². The van der Waals surface area contributed by atoms with E-state index in [1.165, 1.54) is 0 Å². The molecule has 1 rings (SSSR count). The average molecular weight is 221 g/mol. The van der Waals surface area contributed by atoms with Crippen LogP contribution in [-0.2, 0) is 0 Å². The summed E-state index contributed by atoms with van der Waals surface area (Å²) in [6.07, 6.45) is 8.87. The van der Waals surface area contributed by atoms with E-state index in [0.717, 1.165) is 6.54 Å². The van der Waals surface area contributed by atoms with Gasteiger partial charge in [-0.2, -0.15) is 0 Å². The minimum atomic E-state index is 0. The fraction of sp³-hybridized carbons (Fsp3) is 0.333. The summed E-state index contributed by atoms with van der Waals surface area (Å²) < 4.78 is 0. The zero-order valence-corrected chi connectivity index (χ0v) is 6.92. The molecule has 1 nitrogen and oxygen atoms in total. The smallest absolute Gasteiger partial charge is 0.176 e. The summed E-state index contributed by atoms with van der Waals surface area (Å²) in [5.74, 6) is 0. The Kier molecular flexibility index (Phi) is 3.83. The van der Waals surface area contributed by atoms with E-state index in [1.807, 2.05) is 25.4 Å². The molecule has 1 aliphatic rings. The number of hydrogen-bond donors (Lipinski definition) is 0. The maximum Gasteiger partial charge on any atom is 0.176 e. The van der Waals surface area contributed by atoms with Gasteiger partial charge < -0.3 is 28.9 Å². The van der Waals surface area contributed by atoms with Gasteiger partial charge in [0.25, 0.3) is 0 Å². The average Bonchev–Trinajstić information content (AvgIpc) is 1.69. The standard InChI is InChI=1S/C6H8N.HI/c1-7-5-3-2-4-6-7;/h3-5H,6H2,1H3;1H/q+1;/p-1. The van der Waals surface area contributed by atoms with Crippen LogP contribution in [0.15, 0.2) is 18.4 Å². The summed E-state index contributed by atoms with van der Waals surface area (Å²) in [5, 5.41) is 0. The molecule has 8 heavy (non-hydrogen) atoms. The van der Waals surface area contributed by atoms with Crippen LogP contribution >= 0.6 is 0 Å². The molecule has 0 radical (unpaired) electrons. The minimum Gasteiger partial charge on any atom is -1.00 e. The molecule has 44 valence electrons. The highest BCUT2D eigenvalue weighted by atomic mass is 127. The van der Waals surface area contributed by atoms with Crippen molar-refractivity contribution in [2.75, 3.05) is 13.6 Å². The van der Waals surface area contributed by atoms with Crippen LogP contribution in [0.25, 0.3) is 0 Å². The molecular weight excluding hydrogens is 213 g/mol. The van der Waals surface area contributed by atoms with Crippen LogP contribution in [-0.4, -0.2) is 18.5 Å². The Balaban J connectivity index is 0.000000490. The zero-order chi connectivity index (χ0) is 5.11. The first-order valence-corrected chi connectivity index (χ1v) is 2.34. The maximum absolute atomic E-state index is 2.97. The molecule has 2 heteroatoms. The third-order valence-corrected chi connectivity index (χ3v) is 0.922. The Morgan fingerprint density at radius 3 is 2.62 bits per heavy atom. The summed E-state index contributed by atoms with van der Waals surface area (Å²) >= 11 is 0. The summed E-state index contributed by atoms with van der Waals surface area (Å²) in [4.78, 5) is 2.09. The highest BCUT2D eigenvalue weighted by Crippen LogP contribution is 1.90. The van der Waals surface area contributed by atoms with Gasteiger partial charge in [0.2, 0.25) is 0 Å². The van der Waals surface area contributed by atoms with Crippen LogP contribution in [0.3, 0.4) is 0 Å². The largest absolute Gasteiger partial charge is 1.00 e. The summed E-state index contributed by atoms with van der Waals surface area (Å²) in [6, 6.07) is 0. The van der Waals surface area contributed by atoms with Crippen molar-refractivity contribution in [3.63, 3.8) is 0 Å². The molecule has 0 aliphatic carbocycles. The van der Waals surface area contributed by atoms with Gasteiger partial charge in [-0.15, -0.1) is 0 Å².